The van der Waals surface area contributed by atoms with Gasteiger partial charge in [0.05, 0.1) is 24.4 Å². The van der Waals surface area contributed by atoms with Crippen LogP contribution >= 0.6 is 15.9 Å². The van der Waals surface area contributed by atoms with Gasteiger partial charge in [-0.15, -0.1) is 0 Å². The lowest BCUT2D eigenvalue weighted by atomic mass is 10.0. The Balaban J connectivity index is 2.42. The molecule has 0 atom stereocenters. The standard InChI is InChI=1S/C21H19BrN2O5/c1-4-12-10-14(19(25)15(22)11-12)17-16(20(26)28-2)18(21(27)29-3)24(23-17)13-8-6-5-7-9-13/h5-11,25H,4H2,1-3H3. The molecule has 0 bridgehead atoms. The van der Waals surface area contributed by atoms with Gasteiger partial charge in [0, 0.05) is 5.56 Å². The molecule has 0 radical (unpaired) electrons. The van der Waals surface area contributed by atoms with Gasteiger partial charge in [0.25, 0.3) is 0 Å². The predicted octanol–water partition coefficient (Wildman–Crippen LogP) is 4.14. The first-order valence-electron chi connectivity index (χ1n) is 8.79. The Labute approximate surface area is 176 Å². The number of phenolic OH excluding ortho intramolecular Hbond substituents is 1. The van der Waals surface area contributed by atoms with E-state index in [9.17, 15) is 14.7 Å². The summed E-state index contributed by atoms with van der Waals surface area (Å²) in [6.45, 7) is 1.96. The molecule has 29 heavy (non-hydrogen) atoms. The fraction of sp³-hybridized carbons (Fsp3) is 0.190. The third-order valence-electron chi connectivity index (χ3n) is 4.44. The zero-order valence-electron chi connectivity index (χ0n) is 16.1. The van der Waals surface area contributed by atoms with Crippen molar-refractivity contribution in [2.24, 2.45) is 0 Å². The third-order valence-corrected chi connectivity index (χ3v) is 5.05. The van der Waals surface area contributed by atoms with Crippen LogP contribution in [-0.4, -0.2) is 41.0 Å². The van der Waals surface area contributed by atoms with E-state index in [0.717, 1.165) is 5.56 Å². The largest absolute Gasteiger partial charge is 0.506 e. The second-order valence-corrected chi connectivity index (χ2v) is 6.98. The average Bonchev–Trinajstić information content (AvgIpc) is 3.15. The van der Waals surface area contributed by atoms with Crippen molar-refractivity contribution >= 4 is 27.9 Å². The number of methoxy groups -OCH3 is 2. The summed E-state index contributed by atoms with van der Waals surface area (Å²) in [4.78, 5) is 25.3. The molecule has 7 nitrogen and oxygen atoms in total. The number of hydrogen-bond acceptors (Lipinski definition) is 6. The fourth-order valence-corrected chi connectivity index (χ4v) is 3.49. The number of aryl methyl sites for hydroxylation is 1. The lowest BCUT2D eigenvalue weighted by Gasteiger charge is -2.09. The summed E-state index contributed by atoms with van der Waals surface area (Å²) < 4.78 is 11.6. The Morgan fingerprint density at radius 2 is 1.76 bits per heavy atom. The molecular weight excluding hydrogens is 440 g/mol. The number of phenols is 1. The number of nitrogens with zero attached hydrogens (tertiary/aromatic N) is 2. The maximum Gasteiger partial charge on any atom is 0.357 e. The van der Waals surface area contributed by atoms with E-state index in [1.165, 1.54) is 18.9 Å². The normalized spacial score (nSPS) is 10.6. The zero-order chi connectivity index (χ0) is 21.1. The minimum atomic E-state index is -0.764. The Kier molecular flexibility index (Phi) is 6.03. The Morgan fingerprint density at radius 1 is 1.10 bits per heavy atom. The predicted molar refractivity (Wildman–Crippen MR) is 110 cm³/mol. The van der Waals surface area contributed by atoms with Crippen LogP contribution in [0.4, 0.5) is 0 Å². The quantitative estimate of drug-likeness (QED) is 0.577. The van der Waals surface area contributed by atoms with Gasteiger partial charge in [-0.25, -0.2) is 14.3 Å². The highest BCUT2D eigenvalue weighted by Crippen LogP contribution is 2.39. The van der Waals surface area contributed by atoms with Crippen LogP contribution in [0.1, 0.15) is 33.3 Å². The molecule has 3 aromatic rings. The molecule has 0 aliphatic rings. The molecule has 8 heteroatoms. The van der Waals surface area contributed by atoms with E-state index < -0.39 is 11.9 Å². The Morgan fingerprint density at radius 3 is 2.34 bits per heavy atom. The molecular formula is C21H19BrN2O5. The molecule has 1 heterocycles. The SMILES string of the molecule is CCc1cc(Br)c(O)c(-c2nn(-c3ccccc3)c(C(=O)OC)c2C(=O)OC)c1. The van der Waals surface area contributed by atoms with Crippen LogP contribution < -0.4 is 0 Å². The highest BCUT2D eigenvalue weighted by Gasteiger charge is 2.32. The number of aromatic hydroxyl groups is 1. The molecule has 3 rings (SSSR count). The first-order valence-corrected chi connectivity index (χ1v) is 9.59. The molecule has 0 aliphatic heterocycles. The van der Waals surface area contributed by atoms with Crippen molar-refractivity contribution < 1.29 is 24.2 Å². The first-order chi connectivity index (χ1) is 13.9. The third kappa shape index (κ3) is 3.75. The fourth-order valence-electron chi connectivity index (χ4n) is 2.98. The molecule has 150 valence electrons. The molecule has 0 amide bonds. The second-order valence-electron chi connectivity index (χ2n) is 6.13. The Hall–Kier alpha value is -3.13. The van der Waals surface area contributed by atoms with E-state index in [1.807, 2.05) is 13.0 Å². The molecule has 1 aromatic heterocycles. The Bertz CT molecular complexity index is 1080. The summed E-state index contributed by atoms with van der Waals surface area (Å²) in [5.41, 5.74) is 1.71. The number of esters is 2. The van der Waals surface area contributed by atoms with Gasteiger partial charge in [0.2, 0.25) is 0 Å². The van der Waals surface area contributed by atoms with Crippen LogP contribution in [0.5, 0.6) is 5.75 Å². The molecule has 1 N–H and O–H groups in total. The smallest absolute Gasteiger partial charge is 0.357 e. The highest BCUT2D eigenvalue weighted by molar-refractivity contribution is 9.10. The number of ether oxygens (including phenoxy) is 2. The van der Waals surface area contributed by atoms with E-state index in [2.05, 4.69) is 21.0 Å². The first kappa shape index (κ1) is 20.6. The summed E-state index contributed by atoms with van der Waals surface area (Å²) >= 11 is 3.33. The van der Waals surface area contributed by atoms with Gasteiger partial charge in [0.15, 0.2) is 5.69 Å². The maximum atomic E-state index is 12.7. The number of carbonyl (C=O) groups is 2. The summed E-state index contributed by atoms with van der Waals surface area (Å²) in [7, 11) is 2.43. The van der Waals surface area contributed by atoms with Crippen molar-refractivity contribution in [2.75, 3.05) is 14.2 Å². The van der Waals surface area contributed by atoms with Crippen molar-refractivity contribution in [1.82, 2.24) is 9.78 Å². The summed E-state index contributed by atoms with van der Waals surface area (Å²) in [6, 6.07) is 12.4. The maximum absolute atomic E-state index is 12.7. The summed E-state index contributed by atoms with van der Waals surface area (Å²) in [6.07, 6.45) is 0.697. The molecule has 2 aromatic carbocycles. The number of carbonyl (C=O) groups excluding carboxylic acids is 2. The van der Waals surface area contributed by atoms with Crippen molar-refractivity contribution in [3.05, 3.63) is 63.8 Å². The van der Waals surface area contributed by atoms with E-state index in [4.69, 9.17) is 9.47 Å². The molecule has 0 spiro atoms. The zero-order valence-corrected chi connectivity index (χ0v) is 17.7. The van der Waals surface area contributed by atoms with Crippen LogP contribution in [0, 0.1) is 0 Å². The molecule has 0 unspecified atom stereocenters. The molecule has 0 saturated carbocycles. The summed E-state index contributed by atoms with van der Waals surface area (Å²) in [5, 5.41) is 15.2. The van der Waals surface area contributed by atoms with Crippen molar-refractivity contribution in [3.8, 4) is 22.7 Å². The lowest BCUT2D eigenvalue weighted by Crippen LogP contribution is -2.15. The van der Waals surface area contributed by atoms with Crippen molar-refractivity contribution in [1.29, 1.82) is 0 Å². The van der Waals surface area contributed by atoms with Gasteiger partial charge in [-0.05, 0) is 52.2 Å². The van der Waals surface area contributed by atoms with Gasteiger partial charge < -0.3 is 14.6 Å². The highest BCUT2D eigenvalue weighted by atomic mass is 79.9. The average molecular weight is 459 g/mol. The number of hydrogen-bond donors (Lipinski definition) is 1. The lowest BCUT2D eigenvalue weighted by molar-refractivity contribution is 0.0549. The van der Waals surface area contributed by atoms with E-state index >= 15 is 0 Å². The van der Waals surface area contributed by atoms with Crippen molar-refractivity contribution in [3.63, 3.8) is 0 Å². The van der Waals surface area contributed by atoms with Gasteiger partial charge in [-0.3, -0.25) is 0 Å². The van der Waals surface area contributed by atoms with Gasteiger partial charge >= 0.3 is 11.9 Å². The van der Waals surface area contributed by atoms with Crippen LogP contribution in [0.2, 0.25) is 0 Å². The van der Waals surface area contributed by atoms with Gasteiger partial charge in [-0.1, -0.05) is 25.1 Å². The monoisotopic (exact) mass is 458 g/mol. The van der Waals surface area contributed by atoms with Crippen LogP contribution in [0.15, 0.2) is 46.9 Å². The van der Waals surface area contributed by atoms with Gasteiger partial charge in [-0.2, -0.15) is 5.10 Å². The van der Waals surface area contributed by atoms with E-state index in [1.54, 1.807) is 36.4 Å². The van der Waals surface area contributed by atoms with Gasteiger partial charge in [0.1, 0.15) is 17.0 Å². The van der Waals surface area contributed by atoms with E-state index in [-0.39, 0.29) is 22.7 Å². The molecule has 0 saturated heterocycles. The number of benzene rings is 2. The molecule has 0 aliphatic carbocycles. The van der Waals surface area contributed by atoms with Crippen molar-refractivity contribution in [2.45, 2.75) is 13.3 Å². The van der Waals surface area contributed by atoms with Crippen LogP contribution in [0.3, 0.4) is 0 Å². The number of halogens is 1. The number of para-hydroxylation sites is 1. The summed E-state index contributed by atoms with van der Waals surface area (Å²) in [5.74, 6) is -1.61. The molecule has 0 fully saturated rings. The second kappa shape index (κ2) is 8.48. The van der Waals surface area contributed by atoms with Crippen LogP contribution in [-0.2, 0) is 15.9 Å². The number of aromatic nitrogens is 2. The minimum Gasteiger partial charge on any atom is -0.506 e. The van der Waals surface area contributed by atoms with E-state index in [0.29, 0.717) is 22.1 Å². The minimum absolute atomic E-state index is 0.0846. The number of rotatable bonds is 5. The van der Waals surface area contributed by atoms with Crippen LogP contribution in [0.25, 0.3) is 16.9 Å². The topological polar surface area (TPSA) is 90.7 Å².